The topological polar surface area (TPSA) is 98.2 Å². The fraction of sp³-hybridized carbons (Fsp3) is 0.833. The first kappa shape index (κ1) is 19.5. The number of nitrogens with two attached hydrogens (primary N) is 2. The molecule has 0 aromatic rings. The Balaban J connectivity index is 0. The Labute approximate surface area is 115 Å². The molecule has 0 aliphatic rings. The van der Waals surface area contributed by atoms with Crippen molar-refractivity contribution in [2.45, 2.75) is 52.6 Å². The Morgan fingerprint density at radius 1 is 1.06 bits per heavy atom. The molecule has 0 aliphatic heterocycles. The van der Waals surface area contributed by atoms with Crippen molar-refractivity contribution in [3.63, 3.8) is 0 Å². The molecular weight excluding hydrogens is 254 g/mol. The van der Waals surface area contributed by atoms with E-state index >= 15 is 0 Å². The summed E-state index contributed by atoms with van der Waals surface area (Å²) in [5, 5.41) is 2.61. The van der Waals surface area contributed by atoms with Crippen molar-refractivity contribution in [1.82, 2.24) is 5.32 Å². The van der Waals surface area contributed by atoms with Crippen LogP contribution in [0.3, 0.4) is 0 Å². The molecule has 0 bridgehead atoms. The average Bonchev–Trinajstić information content (AvgIpc) is 2.14. The summed E-state index contributed by atoms with van der Waals surface area (Å²) in [4.78, 5) is 22.9. The highest BCUT2D eigenvalue weighted by atomic mass is 35.5. The Morgan fingerprint density at radius 2 is 1.50 bits per heavy atom. The van der Waals surface area contributed by atoms with Gasteiger partial charge in [0, 0.05) is 0 Å². The van der Waals surface area contributed by atoms with E-state index in [2.05, 4.69) is 5.32 Å². The first-order valence-electron chi connectivity index (χ1n) is 6.09. The number of rotatable bonds is 7. The largest absolute Gasteiger partial charge is 0.368 e. The number of primary amides is 1. The van der Waals surface area contributed by atoms with Crippen molar-refractivity contribution in [2.75, 3.05) is 0 Å². The van der Waals surface area contributed by atoms with Crippen LogP contribution in [0.25, 0.3) is 0 Å². The van der Waals surface area contributed by atoms with Crippen LogP contribution in [-0.4, -0.2) is 23.9 Å². The van der Waals surface area contributed by atoms with Crippen molar-refractivity contribution in [3.05, 3.63) is 0 Å². The Bertz CT molecular complexity index is 270. The fourth-order valence-electron chi connectivity index (χ4n) is 1.61. The second-order valence-corrected chi connectivity index (χ2v) is 5.33. The lowest BCUT2D eigenvalue weighted by Gasteiger charge is -2.20. The number of hydrogen-bond acceptors (Lipinski definition) is 3. The molecule has 0 saturated heterocycles. The third-order valence-electron chi connectivity index (χ3n) is 2.43. The molecule has 5 nitrogen and oxygen atoms in total. The van der Waals surface area contributed by atoms with Crippen LogP contribution in [0.1, 0.15) is 40.5 Å². The summed E-state index contributed by atoms with van der Waals surface area (Å²) in [6.45, 7) is 7.92. The van der Waals surface area contributed by atoms with E-state index in [9.17, 15) is 9.59 Å². The summed E-state index contributed by atoms with van der Waals surface area (Å²) in [6.07, 6.45) is 1.13. The van der Waals surface area contributed by atoms with E-state index in [1.54, 1.807) is 0 Å². The van der Waals surface area contributed by atoms with Gasteiger partial charge in [-0.15, -0.1) is 12.4 Å². The van der Waals surface area contributed by atoms with Crippen LogP contribution in [0.15, 0.2) is 0 Å². The van der Waals surface area contributed by atoms with E-state index in [1.807, 2.05) is 27.7 Å². The molecule has 6 heteroatoms. The molecule has 0 aromatic carbocycles. The van der Waals surface area contributed by atoms with Crippen LogP contribution in [0.2, 0.25) is 0 Å². The van der Waals surface area contributed by atoms with Gasteiger partial charge in [-0.3, -0.25) is 9.59 Å². The van der Waals surface area contributed by atoms with Gasteiger partial charge in [0.15, 0.2) is 0 Å². The smallest absolute Gasteiger partial charge is 0.240 e. The zero-order valence-corrected chi connectivity index (χ0v) is 12.4. The molecule has 2 atom stereocenters. The van der Waals surface area contributed by atoms with Gasteiger partial charge in [0.1, 0.15) is 6.04 Å². The van der Waals surface area contributed by atoms with Crippen LogP contribution < -0.4 is 16.8 Å². The number of hydrogen-bond donors (Lipinski definition) is 3. The van der Waals surface area contributed by atoms with Gasteiger partial charge in [0.05, 0.1) is 6.04 Å². The quantitative estimate of drug-likeness (QED) is 0.643. The molecule has 0 fully saturated rings. The summed E-state index contributed by atoms with van der Waals surface area (Å²) in [5.41, 5.74) is 11.0. The first-order chi connectivity index (χ1) is 7.73. The molecule has 108 valence electrons. The maximum Gasteiger partial charge on any atom is 0.240 e. The molecule has 18 heavy (non-hydrogen) atoms. The second-order valence-electron chi connectivity index (χ2n) is 5.33. The van der Waals surface area contributed by atoms with E-state index < -0.39 is 18.0 Å². The first-order valence-corrected chi connectivity index (χ1v) is 6.09. The zero-order chi connectivity index (χ0) is 13.6. The van der Waals surface area contributed by atoms with Crippen molar-refractivity contribution >= 4 is 24.2 Å². The lowest BCUT2D eigenvalue weighted by molar-refractivity contribution is -0.128. The molecule has 0 saturated carbocycles. The summed E-state index contributed by atoms with van der Waals surface area (Å²) >= 11 is 0. The van der Waals surface area contributed by atoms with Crippen molar-refractivity contribution < 1.29 is 9.59 Å². The molecule has 0 aromatic heterocycles. The molecular formula is C12H26ClN3O2. The normalized spacial score (nSPS) is 13.9. The van der Waals surface area contributed by atoms with Crippen LogP contribution in [0, 0.1) is 11.8 Å². The van der Waals surface area contributed by atoms with Gasteiger partial charge >= 0.3 is 0 Å². The SMILES string of the molecule is CC(C)C[C@H](NC(=O)[C@@H](N)CC(C)C)C(N)=O.Cl. The number of halogens is 1. The summed E-state index contributed by atoms with van der Waals surface area (Å²) in [5.74, 6) is -0.186. The van der Waals surface area contributed by atoms with E-state index in [-0.39, 0.29) is 24.2 Å². The fourth-order valence-corrected chi connectivity index (χ4v) is 1.61. The predicted octanol–water partition coefficient (Wildman–Crippen LogP) is 0.798. The third kappa shape index (κ3) is 8.31. The molecule has 0 heterocycles. The molecule has 0 spiro atoms. The molecule has 2 amide bonds. The monoisotopic (exact) mass is 279 g/mol. The van der Waals surface area contributed by atoms with Crippen LogP contribution in [0.4, 0.5) is 0 Å². The Morgan fingerprint density at radius 3 is 1.83 bits per heavy atom. The minimum atomic E-state index is -0.624. The highest BCUT2D eigenvalue weighted by molar-refractivity contribution is 5.88. The Hall–Kier alpha value is -0.810. The number of carbonyl (C=O) groups excluding carboxylic acids is 2. The van der Waals surface area contributed by atoms with Gasteiger partial charge in [0.2, 0.25) is 11.8 Å². The number of nitrogens with one attached hydrogen (secondary N) is 1. The predicted molar refractivity (Wildman–Crippen MR) is 75.3 cm³/mol. The lowest BCUT2D eigenvalue weighted by atomic mass is 10.0. The van der Waals surface area contributed by atoms with Gasteiger partial charge in [-0.05, 0) is 24.7 Å². The molecule has 0 radical (unpaired) electrons. The standard InChI is InChI=1S/C12H25N3O2.ClH/c1-7(2)5-9(13)12(17)15-10(11(14)16)6-8(3)4;/h7-10H,5-6,13H2,1-4H3,(H2,14,16)(H,15,17);1H/t9-,10-;/m0./s1. The van der Waals surface area contributed by atoms with Crippen molar-refractivity contribution in [2.24, 2.45) is 23.3 Å². The average molecular weight is 280 g/mol. The molecule has 0 aliphatic carbocycles. The number of carbonyl (C=O) groups is 2. The zero-order valence-electron chi connectivity index (χ0n) is 11.6. The summed E-state index contributed by atoms with van der Waals surface area (Å²) in [6, 6.07) is -1.20. The van der Waals surface area contributed by atoms with E-state index in [0.717, 1.165) is 0 Å². The Kier molecular flexibility index (Phi) is 9.94. The van der Waals surface area contributed by atoms with Crippen molar-refractivity contribution in [3.8, 4) is 0 Å². The van der Waals surface area contributed by atoms with Gasteiger partial charge in [-0.2, -0.15) is 0 Å². The van der Waals surface area contributed by atoms with E-state index in [1.165, 1.54) is 0 Å². The van der Waals surface area contributed by atoms with Gasteiger partial charge in [-0.25, -0.2) is 0 Å². The maximum atomic E-state index is 11.7. The van der Waals surface area contributed by atoms with Crippen LogP contribution in [0.5, 0.6) is 0 Å². The van der Waals surface area contributed by atoms with E-state index in [0.29, 0.717) is 18.8 Å². The number of amides is 2. The lowest BCUT2D eigenvalue weighted by Crippen LogP contribution is -2.51. The molecule has 0 rings (SSSR count). The van der Waals surface area contributed by atoms with Gasteiger partial charge in [0.25, 0.3) is 0 Å². The molecule has 5 N–H and O–H groups in total. The summed E-state index contributed by atoms with van der Waals surface area (Å²) < 4.78 is 0. The van der Waals surface area contributed by atoms with Crippen LogP contribution >= 0.6 is 12.4 Å². The minimum absolute atomic E-state index is 0. The van der Waals surface area contributed by atoms with Gasteiger partial charge in [-0.1, -0.05) is 27.7 Å². The highest BCUT2D eigenvalue weighted by Gasteiger charge is 2.22. The van der Waals surface area contributed by atoms with E-state index in [4.69, 9.17) is 11.5 Å². The maximum absolute atomic E-state index is 11.7. The third-order valence-corrected chi connectivity index (χ3v) is 2.43. The minimum Gasteiger partial charge on any atom is -0.368 e. The van der Waals surface area contributed by atoms with Crippen molar-refractivity contribution in [1.29, 1.82) is 0 Å². The second kappa shape index (κ2) is 9.16. The van der Waals surface area contributed by atoms with Crippen LogP contribution in [-0.2, 0) is 9.59 Å². The molecule has 0 unspecified atom stereocenters. The summed E-state index contributed by atoms with van der Waals surface area (Å²) in [7, 11) is 0. The highest BCUT2D eigenvalue weighted by Crippen LogP contribution is 2.06. The van der Waals surface area contributed by atoms with Gasteiger partial charge < -0.3 is 16.8 Å².